The number of para-hydroxylation sites is 1. The van der Waals surface area contributed by atoms with Crippen molar-refractivity contribution in [2.24, 2.45) is 0 Å². The molecular weight excluding hydrogens is 382 g/mol. The average Bonchev–Trinajstić information content (AvgIpc) is 3.27. The van der Waals surface area contributed by atoms with Crippen molar-refractivity contribution >= 4 is 16.8 Å². The molecule has 0 atom stereocenters. The maximum atomic E-state index is 12.0. The Bertz CT molecular complexity index is 1110. The van der Waals surface area contributed by atoms with Gasteiger partial charge in [-0.1, -0.05) is 23.4 Å². The van der Waals surface area contributed by atoms with E-state index < -0.39 is 0 Å². The summed E-state index contributed by atoms with van der Waals surface area (Å²) in [5, 5.41) is 7.84. The van der Waals surface area contributed by atoms with Crippen molar-refractivity contribution in [1.82, 2.24) is 25.4 Å². The van der Waals surface area contributed by atoms with Crippen molar-refractivity contribution in [3.8, 4) is 17.1 Å². The number of hydrogen-bond donors (Lipinski definition) is 1. The van der Waals surface area contributed by atoms with Gasteiger partial charge in [0.2, 0.25) is 17.6 Å². The highest BCUT2D eigenvalue weighted by atomic mass is 16.5. The molecule has 1 N–H and O–H groups in total. The number of hydrogen-bond acceptors (Lipinski definition) is 7. The largest absolute Gasteiger partial charge is 0.491 e. The molecule has 1 amide bonds. The van der Waals surface area contributed by atoms with Crippen molar-refractivity contribution in [3.05, 3.63) is 66.9 Å². The Balaban J connectivity index is 1.16. The molecule has 0 saturated carbocycles. The van der Waals surface area contributed by atoms with Crippen LogP contribution in [0.2, 0.25) is 0 Å². The van der Waals surface area contributed by atoms with Crippen LogP contribution in [0, 0.1) is 0 Å². The summed E-state index contributed by atoms with van der Waals surface area (Å²) in [6.07, 6.45) is 6.45. The smallest absolute Gasteiger partial charge is 0.227 e. The first-order valence-corrected chi connectivity index (χ1v) is 9.76. The molecule has 0 unspecified atom stereocenters. The molecule has 30 heavy (non-hydrogen) atoms. The number of amides is 1. The molecule has 8 nitrogen and oxygen atoms in total. The van der Waals surface area contributed by atoms with Gasteiger partial charge >= 0.3 is 0 Å². The zero-order valence-electron chi connectivity index (χ0n) is 16.3. The van der Waals surface area contributed by atoms with Crippen LogP contribution in [0.1, 0.15) is 18.7 Å². The van der Waals surface area contributed by atoms with E-state index >= 15 is 0 Å². The SMILES string of the molecule is O=C(CCc1nc(-c2cccnc2)no1)NCCCOc1cccc2cccnc12. The molecule has 8 heteroatoms. The quantitative estimate of drug-likeness (QED) is 0.428. The molecule has 1 aromatic carbocycles. The molecule has 0 bridgehead atoms. The zero-order valence-corrected chi connectivity index (χ0v) is 16.3. The second kappa shape index (κ2) is 9.60. The van der Waals surface area contributed by atoms with Gasteiger partial charge in [0.25, 0.3) is 0 Å². The molecular formula is C22H21N5O3. The Kier molecular flexibility index (Phi) is 6.24. The van der Waals surface area contributed by atoms with E-state index in [1.165, 1.54) is 0 Å². The van der Waals surface area contributed by atoms with Crippen LogP contribution in [0.25, 0.3) is 22.3 Å². The summed E-state index contributed by atoms with van der Waals surface area (Å²) < 4.78 is 11.0. The summed E-state index contributed by atoms with van der Waals surface area (Å²) in [6.45, 7) is 1.02. The number of ether oxygens (including phenoxy) is 1. The second-order valence-electron chi connectivity index (χ2n) is 6.64. The highest BCUT2D eigenvalue weighted by molar-refractivity contribution is 5.84. The fraction of sp³-hybridized carbons (Fsp3) is 0.227. The Morgan fingerprint density at radius 3 is 2.90 bits per heavy atom. The third-order valence-electron chi connectivity index (χ3n) is 4.45. The van der Waals surface area contributed by atoms with Crippen LogP contribution in [-0.2, 0) is 11.2 Å². The number of nitrogens with one attached hydrogen (secondary N) is 1. The number of carbonyl (C=O) groups is 1. The van der Waals surface area contributed by atoms with E-state index in [1.807, 2.05) is 36.4 Å². The highest BCUT2D eigenvalue weighted by Gasteiger charge is 2.10. The molecule has 0 fully saturated rings. The summed E-state index contributed by atoms with van der Waals surface area (Å²) in [4.78, 5) is 24.7. The third-order valence-corrected chi connectivity index (χ3v) is 4.45. The van der Waals surface area contributed by atoms with Gasteiger partial charge in [0.1, 0.15) is 11.3 Å². The standard InChI is InChI=1S/C22H21N5O3/c28-19(9-10-20-26-22(27-30-20)17-7-2-11-23-15-17)24-13-4-14-29-18-8-1-5-16-6-3-12-25-21(16)18/h1-3,5-8,11-12,15H,4,9-10,13-14H2,(H,24,28). The minimum absolute atomic E-state index is 0.0667. The number of aryl methyl sites for hydroxylation is 1. The van der Waals surface area contributed by atoms with Crippen molar-refractivity contribution in [1.29, 1.82) is 0 Å². The summed E-state index contributed by atoms with van der Waals surface area (Å²) >= 11 is 0. The first kappa shape index (κ1) is 19.5. The van der Waals surface area contributed by atoms with E-state index in [0.29, 0.717) is 37.7 Å². The predicted octanol–water partition coefficient (Wildman–Crippen LogP) is 3.20. The molecule has 4 rings (SSSR count). The zero-order chi connectivity index (χ0) is 20.6. The minimum atomic E-state index is -0.0667. The summed E-state index contributed by atoms with van der Waals surface area (Å²) in [7, 11) is 0. The minimum Gasteiger partial charge on any atom is -0.491 e. The van der Waals surface area contributed by atoms with Gasteiger partial charge in [-0.25, -0.2) is 0 Å². The van der Waals surface area contributed by atoms with Gasteiger partial charge in [-0.05, 0) is 30.7 Å². The van der Waals surface area contributed by atoms with Gasteiger partial charge in [-0.15, -0.1) is 0 Å². The average molecular weight is 403 g/mol. The maximum absolute atomic E-state index is 12.0. The maximum Gasteiger partial charge on any atom is 0.227 e. The number of aromatic nitrogens is 4. The molecule has 0 radical (unpaired) electrons. The lowest BCUT2D eigenvalue weighted by Crippen LogP contribution is -2.25. The first-order chi connectivity index (χ1) is 14.8. The van der Waals surface area contributed by atoms with E-state index in [-0.39, 0.29) is 12.3 Å². The van der Waals surface area contributed by atoms with E-state index in [4.69, 9.17) is 9.26 Å². The van der Waals surface area contributed by atoms with E-state index in [1.54, 1.807) is 24.7 Å². The topological polar surface area (TPSA) is 103 Å². The Labute approximate surface area is 173 Å². The summed E-state index contributed by atoms with van der Waals surface area (Å²) in [5.41, 5.74) is 1.62. The fourth-order valence-electron chi connectivity index (χ4n) is 2.95. The number of pyridine rings is 2. The van der Waals surface area contributed by atoms with Crippen LogP contribution >= 0.6 is 0 Å². The van der Waals surface area contributed by atoms with Crippen LogP contribution in [0.15, 0.2) is 65.6 Å². The summed E-state index contributed by atoms with van der Waals surface area (Å²) in [5.74, 6) is 1.58. The lowest BCUT2D eigenvalue weighted by molar-refractivity contribution is -0.121. The van der Waals surface area contributed by atoms with Crippen molar-refractivity contribution < 1.29 is 14.1 Å². The van der Waals surface area contributed by atoms with Gasteiger partial charge in [-0.2, -0.15) is 4.98 Å². The van der Waals surface area contributed by atoms with Gasteiger partial charge < -0.3 is 14.6 Å². The van der Waals surface area contributed by atoms with Gasteiger partial charge in [-0.3, -0.25) is 14.8 Å². The molecule has 152 valence electrons. The lowest BCUT2D eigenvalue weighted by Gasteiger charge is -2.09. The van der Waals surface area contributed by atoms with Gasteiger partial charge in [0, 0.05) is 48.9 Å². The molecule has 0 aliphatic heterocycles. The van der Waals surface area contributed by atoms with Crippen LogP contribution in [0.3, 0.4) is 0 Å². The monoisotopic (exact) mass is 403 g/mol. The molecule has 0 aliphatic carbocycles. The first-order valence-electron chi connectivity index (χ1n) is 9.76. The Hall–Kier alpha value is -3.81. The number of carbonyl (C=O) groups excluding carboxylic acids is 1. The summed E-state index contributed by atoms with van der Waals surface area (Å²) in [6, 6.07) is 13.4. The van der Waals surface area contributed by atoms with Crippen molar-refractivity contribution in [3.63, 3.8) is 0 Å². The number of nitrogens with zero attached hydrogens (tertiary/aromatic N) is 4. The van der Waals surface area contributed by atoms with Crippen LogP contribution in [0.5, 0.6) is 5.75 Å². The third kappa shape index (κ3) is 4.96. The molecule has 3 aromatic heterocycles. The van der Waals surface area contributed by atoms with Gasteiger partial charge in [0.05, 0.1) is 6.61 Å². The molecule has 0 saturated heterocycles. The molecule has 3 heterocycles. The van der Waals surface area contributed by atoms with Crippen LogP contribution in [0.4, 0.5) is 0 Å². The molecule has 0 spiro atoms. The second-order valence-corrected chi connectivity index (χ2v) is 6.64. The Morgan fingerprint density at radius 1 is 1.10 bits per heavy atom. The molecule has 0 aliphatic rings. The Morgan fingerprint density at radius 2 is 2.00 bits per heavy atom. The van der Waals surface area contributed by atoms with E-state index in [2.05, 4.69) is 25.4 Å². The van der Waals surface area contributed by atoms with Gasteiger partial charge in [0.15, 0.2) is 0 Å². The lowest BCUT2D eigenvalue weighted by atomic mass is 10.2. The number of benzene rings is 1. The van der Waals surface area contributed by atoms with Crippen molar-refractivity contribution in [2.75, 3.05) is 13.2 Å². The number of fused-ring (bicyclic) bond motifs is 1. The predicted molar refractivity (Wildman–Crippen MR) is 111 cm³/mol. The van der Waals surface area contributed by atoms with E-state index in [0.717, 1.165) is 22.2 Å². The fourth-order valence-corrected chi connectivity index (χ4v) is 2.95. The van der Waals surface area contributed by atoms with Crippen LogP contribution in [-0.4, -0.2) is 39.2 Å². The molecule has 4 aromatic rings. The van der Waals surface area contributed by atoms with E-state index in [9.17, 15) is 4.79 Å². The number of rotatable bonds is 9. The normalized spacial score (nSPS) is 10.8. The van der Waals surface area contributed by atoms with Crippen molar-refractivity contribution in [2.45, 2.75) is 19.3 Å². The highest BCUT2D eigenvalue weighted by Crippen LogP contribution is 2.22. The van der Waals surface area contributed by atoms with Crippen LogP contribution < -0.4 is 10.1 Å².